The second kappa shape index (κ2) is 5.63. The number of esters is 1. The molecule has 1 aliphatic carbocycles. The van der Waals surface area contributed by atoms with Crippen LogP contribution >= 0.6 is 0 Å². The maximum atomic E-state index is 13.4. The van der Waals surface area contributed by atoms with Crippen LogP contribution in [-0.2, 0) is 9.53 Å². The molecule has 5 nitrogen and oxygen atoms in total. The maximum Gasteiger partial charge on any atom is 0.440 e. The second-order valence-electron chi connectivity index (χ2n) is 5.22. The van der Waals surface area contributed by atoms with E-state index in [0.29, 0.717) is 11.3 Å². The first-order chi connectivity index (χ1) is 10.6. The molecule has 6 heteroatoms. The molecule has 0 atom stereocenters. The number of carbonyl (C=O) groups excluding carboxylic acids is 1. The topological polar surface area (TPSA) is 66.8 Å². The number of allylic oxidation sites excluding steroid dienone is 1. The lowest BCUT2D eigenvalue weighted by Crippen LogP contribution is -2.18. The molecule has 1 aliphatic heterocycles. The van der Waals surface area contributed by atoms with E-state index in [2.05, 4.69) is 0 Å². The Kier molecular flexibility index (Phi) is 3.66. The minimum atomic E-state index is -1.69. The molecule has 3 rings (SSSR count). The molecule has 0 saturated carbocycles. The van der Waals surface area contributed by atoms with Gasteiger partial charge in [-0.25, -0.2) is 9.59 Å². The van der Waals surface area contributed by atoms with E-state index in [1.165, 1.54) is 12.1 Å². The van der Waals surface area contributed by atoms with E-state index >= 15 is 0 Å². The molecular formula is C16H14FNO4. The molecule has 0 fully saturated rings. The van der Waals surface area contributed by atoms with E-state index in [4.69, 9.17) is 9.84 Å². The van der Waals surface area contributed by atoms with Gasteiger partial charge in [-0.15, -0.1) is 5.12 Å². The molecule has 114 valence electrons. The average molecular weight is 303 g/mol. The smallest absolute Gasteiger partial charge is 0.440 e. The Morgan fingerprint density at radius 1 is 1.27 bits per heavy atom. The van der Waals surface area contributed by atoms with Crippen molar-refractivity contribution < 1.29 is 23.9 Å². The highest BCUT2D eigenvalue weighted by Gasteiger charge is 2.31. The van der Waals surface area contributed by atoms with Crippen LogP contribution in [0.1, 0.15) is 31.2 Å². The van der Waals surface area contributed by atoms with Gasteiger partial charge >= 0.3 is 12.1 Å². The lowest BCUT2D eigenvalue weighted by molar-refractivity contribution is -0.133. The zero-order chi connectivity index (χ0) is 15.7. The first-order valence-electron chi connectivity index (χ1n) is 7.01. The molecule has 0 spiro atoms. The van der Waals surface area contributed by atoms with Crippen LogP contribution in [0.4, 0.5) is 15.0 Å². The standard InChI is InChI=1S/C16H14FNO4/c17-18(16(20)21)11-5-3-4-10(8-11)9-14-12-6-1-2-7-13(12)15(19)22-14/h3-5,8-9H,1-2,6-7H2,(H,20,21). The molecule has 1 aromatic rings. The molecule has 0 radical (unpaired) electrons. The first kappa shape index (κ1) is 14.3. The third kappa shape index (κ3) is 2.59. The Bertz CT molecular complexity index is 708. The summed E-state index contributed by atoms with van der Waals surface area (Å²) in [5.74, 6) is 0.173. The molecule has 0 aromatic heterocycles. The number of carboxylic acid groups (broad SMARTS) is 1. The fourth-order valence-electron chi connectivity index (χ4n) is 2.74. The summed E-state index contributed by atoms with van der Waals surface area (Å²) in [6.07, 6.45) is 3.45. The van der Waals surface area contributed by atoms with E-state index in [0.717, 1.165) is 36.8 Å². The molecule has 1 amide bonds. The predicted molar refractivity (Wildman–Crippen MR) is 77.6 cm³/mol. The molecule has 0 bridgehead atoms. The van der Waals surface area contributed by atoms with Crippen LogP contribution in [0.15, 0.2) is 41.2 Å². The van der Waals surface area contributed by atoms with Gasteiger partial charge in [-0.1, -0.05) is 16.6 Å². The number of carbonyl (C=O) groups is 2. The molecule has 1 N–H and O–H groups in total. The van der Waals surface area contributed by atoms with Gasteiger partial charge in [0.15, 0.2) is 0 Å². The largest absolute Gasteiger partial charge is 0.463 e. The summed E-state index contributed by atoms with van der Waals surface area (Å²) < 4.78 is 18.7. The van der Waals surface area contributed by atoms with Crippen molar-refractivity contribution in [1.82, 2.24) is 0 Å². The molecular weight excluding hydrogens is 289 g/mol. The third-order valence-corrected chi connectivity index (χ3v) is 3.78. The summed E-state index contributed by atoms with van der Waals surface area (Å²) in [5.41, 5.74) is 2.12. The van der Waals surface area contributed by atoms with Crippen LogP contribution in [0.25, 0.3) is 6.08 Å². The highest BCUT2D eigenvalue weighted by Crippen LogP contribution is 2.37. The molecule has 1 aromatic carbocycles. The van der Waals surface area contributed by atoms with Gasteiger partial charge in [0, 0.05) is 11.1 Å². The SMILES string of the molecule is O=C1OC(=Cc2cccc(N(F)C(=O)O)c2)C2=C1CCCC2. The van der Waals surface area contributed by atoms with Gasteiger partial charge in [-0.05, 0) is 49.5 Å². The highest BCUT2D eigenvalue weighted by molar-refractivity contribution is 5.96. The number of ether oxygens (including phenoxy) is 1. The quantitative estimate of drug-likeness (QED) is 0.666. The fraction of sp³-hybridized carbons (Fsp3) is 0.250. The van der Waals surface area contributed by atoms with Gasteiger partial charge in [0.1, 0.15) is 5.76 Å². The molecule has 1 heterocycles. The Balaban J connectivity index is 1.93. The van der Waals surface area contributed by atoms with Crippen molar-refractivity contribution in [2.75, 3.05) is 5.12 Å². The zero-order valence-corrected chi connectivity index (χ0v) is 11.7. The number of hydrogen-bond acceptors (Lipinski definition) is 3. The summed E-state index contributed by atoms with van der Waals surface area (Å²) in [4.78, 5) is 22.5. The van der Waals surface area contributed by atoms with Crippen LogP contribution < -0.4 is 5.12 Å². The Hall–Kier alpha value is -2.63. The number of benzene rings is 1. The number of anilines is 1. The second-order valence-corrected chi connectivity index (χ2v) is 5.22. The summed E-state index contributed by atoms with van der Waals surface area (Å²) >= 11 is 0. The Morgan fingerprint density at radius 2 is 2.00 bits per heavy atom. The van der Waals surface area contributed by atoms with E-state index in [1.807, 2.05) is 0 Å². The van der Waals surface area contributed by atoms with Gasteiger partial charge in [-0.2, -0.15) is 0 Å². The molecule has 0 unspecified atom stereocenters. The van der Waals surface area contributed by atoms with Crippen LogP contribution in [0.3, 0.4) is 0 Å². The summed E-state index contributed by atoms with van der Waals surface area (Å²) in [6, 6.07) is 5.98. The number of rotatable bonds is 2. The van der Waals surface area contributed by atoms with Crippen molar-refractivity contribution in [1.29, 1.82) is 0 Å². The number of amides is 1. The average Bonchev–Trinajstić information content (AvgIpc) is 2.83. The van der Waals surface area contributed by atoms with Crippen molar-refractivity contribution in [2.24, 2.45) is 0 Å². The monoisotopic (exact) mass is 303 g/mol. The van der Waals surface area contributed by atoms with Crippen LogP contribution in [0.2, 0.25) is 0 Å². The van der Waals surface area contributed by atoms with Gasteiger partial charge in [-0.3, -0.25) is 0 Å². The van der Waals surface area contributed by atoms with Crippen molar-refractivity contribution in [3.63, 3.8) is 0 Å². The fourth-order valence-corrected chi connectivity index (χ4v) is 2.74. The molecule has 2 aliphatic rings. The van der Waals surface area contributed by atoms with Crippen LogP contribution in [0, 0.1) is 0 Å². The van der Waals surface area contributed by atoms with E-state index in [9.17, 15) is 14.1 Å². The van der Waals surface area contributed by atoms with Crippen molar-refractivity contribution in [3.05, 3.63) is 46.7 Å². The lowest BCUT2D eigenvalue weighted by atomic mass is 9.92. The zero-order valence-electron chi connectivity index (χ0n) is 11.7. The summed E-state index contributed by atoms with van der Waals surface area (Å²) in [6.45, 7) is 0. The van der Waals surface area contributed by atoms with Crippen molar-refractivity contribution in [3.8, 4) is 0 Å². The number of nitrogens with zero attached hydrogens (tertiary/aromatic N) is 1. The first-order valence-corrected chi connectivity index (χ1v) is 7.01. The Morgan fingerprint density at radius 3 is 2.73 bits per heavy atom. The number of cyclic esters (lactones) is 1. The number of halogens is 1. The molecule has 0 saturated heterocycles. The van der Waals surface area contributed by atoms with E-state index in [1.54, 1.807) is 18.2 Å². The summed E-state index contributed by atoms with van der Waals surface area (Å²) in [7, 11) is 0. The van der Waals surface area contributed by atoms with E-state index in [-0.39, 0.29) is 16.8 Å². The predicted octanol–water partition coefficient (Wildman–Crippen LogP) is 3.82. The van der Waals surface area contributed by atoms with Crippen molar-refractivity contribution >= 4 is 23.8 Å². The summed E-state index contributed by atoms with van der Waals surface area (Å²) in [5, 5.41) is 8.31. The minimum absolute atomic E-state index is 0.0935. The van der Waals surface area contributed by atoms with E-state index < -0.39 is 6.09 Å². The van der Waals surface area contributed by atoms with Gasteiger partial charge in [0.2, 0.25) is 0 Å². The lowest BCUT2D eigenvalue weighted by Gasteiger charge is -2.11. The van der Waals surface area contributed by atoms with Crippen LogP contribution in [0.5, 0.6) is 0 Å². The number of hydrogen-bond donors (Lipinski definition) is 1. The molecule has 22 heavy (non-hydrogen) atoms. The third-order valence-electron chi connectivity index (χ3n) is 3.78. The van der Waals surface area contributed by atoms with Gasteiger partial charge in [0.25, 0.3) is 0 Å². The van der Waals surface area contributed by atoms with Crippen LogP contribution in [-0.4, -0.2) is 17.2 Å². The van der Waals surface area contributed by atoms with Gasteiger partial charge in [0.05, 0.1) is 5.69 Å². The minimum Gasteiger partial charge on any atom is -0.463 e. The Labute approximate surface area is 126 Å². The van der Waals surface area contributed by atoms with Gasteiger partial charge < -0.3 is 9.84 Å². The maximum absolute atomic E-state index is 13.4. The van der Waals surface area contributed by atoms with Crippen molar-refractivity contribution in [2.45, 2.75) is 25.7 Å². The normalized spacial score (nSPS) is 19.1. The highest BCUT2D eigenvalue weighted by atomic mass is 19.2.